The van der Waals surface area contributed by atoms with Crippen molar-refractivity contribution in [3.8, 4) is 0 Å². The van der Waals surface area contributed by atoms with Crippen LogP contribution in [0.4, 0.5) is 4.39 Å². The first-order chi connectivity index (χ1) is 8.56. The van der Waals surface area contributed by atoms with Crippen molar-refractivity contribution in [2.75, 3.05) is 0 Å². The fourth-order valence-electron chi connectivity index (χ4n) is 1.34. The molecule has 1 aromatic heterocycles. The van der Waals surface area contributed by atoms with Gasteiger partial charge in [-0.05, 0) is 24.6 Å². The molecule has 1 N–H and O–H groups in total. The van der Waals surface area contributed by atoms with E-state index in [4.69, 9.17) is 5.11 Å². The number of aryl methyl sites for hydroxylation is 1. The molecule has 94 valence electrons. The predicted octanol–water partition coefficient (Wildman–Crippen LogP) is 3.58. The van der Waals surface area contributed by atoms with E-state index in [1.54, 1.807) is 0 Å². The molecule has 0 radical (unpaired) electrons. The smallest absolute Gasteiger partial charge is 0.335 e. The molecule has 6 heteroatoms. The molecule has 0 saturated heterocycles. The van der Waals surface area contributed by atoms with Crippen molar-refractivity contribution in [1.82, 2.24) is 4.98 Å². The Bertz CT molecular complexity index is 583. The lowest BCUT2D eigenvalue weighted by atomic mass is 10.1. The summed E-state index contributed by atoms with van der Waals surface area (Å²) in [5.41, 5.74) is 1.40. The number of thiazole rings is 1. The number of benzene rings is 1. The molecule has 1 heterocycles. The minimum atomic E-state index is -1.12. The van der Waals surface area contributed by atoms with Gasteiger partial charge in [0.05, 0.1) is 5.56 Å². The number of aromatic carboxylic acids is 1. The van der Waals surface area contributed by atoms with Crippen LogP contribution >= 0.6 is 23.1 Å². The summed E-state index contributed by atoms with van der Waals surface area (Å²) in [4.78, 5) is 14.9. The predicted molar refractivity (Wildman–Crippen MR) is 69.8 cm³/mol. The molecule has 0 spiro atoms. The fraction of sp³-hybridized carbons (Fsp3) is 0.167. The average molecular weight is 283 g/mol. The Labute approximate surface area is 112 Å². The van der Waals surface area contributed by atoms with E-state index in [1.807, 2.05) is 12.3 Å². The van der Waals surface area contributed by atoms with Crippen molar-refractivity contribution in [3.63, 3.8) is 0 Å². The summed E-state index contributed by atoms with van der Waals surface area (Å²) < 4.78 is 14.5. The van der Waals surface area contributed by atoms with Gasteiger partial charge in [0.25, 0.3) is 0 Å². The molecule has 0 aliphatic carbocycles. The standard InChI is InChI=1S/C12H10FNO2S2/c1-7-5-17-12(14-7)18-6-9-3-2-8(11(15)16)4-10(9)13/h2-5H,6H2,1H3,(H,15,16). The summed E-state index contributed by atoms with van der Waals surface area (Å²) in [6, 6.07) is 3.96. The second kappa shape index (κ2) is 5.49. The van der Waals surface area contributed by atoms with Gasteiger partial charge in [0.15, 0.2) is 0 Å². The summed E-state index contributed by atoms with van der Waals surface area (Å²) >= 11 is 2.96. The molecule has 0 fully saturated rings. The van der Waals surface area contributed by atoms with E-state index in [-0.39, 0.29) is 5.56 Å². The number of carbonyl (C=O) groups is 1. The molecule has 0 amide bonds. The number of nitrogens with zero attached hydrogens (tertiary/aromatic N) is 1. The van der Waals surface area contributed by atoms with Gasteiger partial charge in [-0.1, -0.05) is 17.8 Å². The quantitative estimate of drug-likeness (QED) is 0.871. The zero-order valence-electron chi connectivity index (χ0n) is 9.51. The van der Waals surface area contributed by atoms with E-state index in [1.165, 1.54) is 35.2 Å². The van der Waals surface area contributed by atoms with Crippen molar-refractivity contribution in [2.24, 2.45) is 0 Å². The molecule has 0 atom stereocenters. The average Bonchev–Trinajstić information content (AvgIpc) is 2.73. The third-order valence-electron chi connectivity index (χ3n) is 2.25. The summed E-state index contributed by atoms with van der Waals surface area (Å²) in [5, 5.41) is 10.7. The van der Waals surface area contributed by atoms with Crippen LogP contribution in [0.15, 0.2) is 27.9 Å². The molecule has 0 unspecified atom stereocenters. The normalized spacial score (nSPS) is 10.6. The van der Waals surface area contributed by atoms with Crippen LogP contribution in [0, 0.1) is 12.7 Å². The van der Waals surface area contributed by atoms with Gasteiger partial charge in [-0.25, -0.2) is 14.2 Å². The molecule has 1 aromatic carbocycles. The van der Waals surface area contributed by atoms with Gasteiger partial charge >= 0.3 is 5.97 Å². The van der Waals surface area contributed by atoms with Crippen LogP contribution in [-0.2, 0) is 5.75 Å². The molecule has 2 aromatic rings. The number of aromatic nitrogens is 1. The van der Waals surface area contributed by atoms with Crippen molar-refractivity contribution in [3.05, 3.63) is 46.2 Å². The number of hydrogen-bond donors (Lipinski definition) is 1. The van der Waals surface area contributed by atoms with Gasteiger partial charge in [0, 0.05) is 16.8 Å². The summed E-state index contributed by atoms with van der Waals surface area (Å²) in [6.45, 7) is 1.91. The van der Waals surface area contributed by atoms with Gasteiger partial charge in [0.2, 0.25) is 0 Å². The first-order valence-electron chi connectivity index (χ1n) is 5.13. The second-order valence-electron chi connectivity index (χ2n) is 3.65. The molecule has 0 aliphatic rings. The molecule has 0 aliphatic heterocycles. The van der Waals surface area contributed by atoms with Crippen LogP contribution < -0.4 is 0 Å². The highest BCUT2D eigenvalue weighted by Crippen LogP contribution is 2.27. The topological polar surface area (TPSA) is 50.2 Å². The van der Waals surface area contributed by atoms with Crippen LogP contribution in [0.5, 0.6) is 0 Å². The number of thioether (sulfide) groups is 1. The van der Waals surface area contributed by atoms with E-state index in [0.717, 1.165) is 16.1 Å². The lowest BCUT2D eigenvalue weighted by Crippen LogP contribution is -1.98. The lowest BCUT2D eigenvalue weighted by Gasteiger charge is -2.02. The minimum absolute atomic E-state index is 0.0358. The van der Waals surface area contributed by atoms with Gasteiger partial charge in [-0.2, -0.15) is 0 Å². The van der Waals surface area contributed by atoms with E-state index < -0.39 is 11.8 Å². The Morgan fingerprint density at radius 3 is 2.89 bits per heavy atom. The zero-order chi connectivity index (χ0) is 13.1. The Balaban J connectivity index is 2.08. The maximum atomic E-state index is 13.6. The molecule has 2 rings (SSSR count). The Kier molecular flexibility index (Phi) is 3.98. The first kappa shape index (κ1) is 13.0. The van der Waals surface area contributed by atoms with Gasteiger partial charge in [0.1, 0.15) is 10.2 Å². The van der Waals surface area contributed by atoms with Crippen molar-refractivity contribution >= 4 is 29.1 Å². The van der Waals surface area contributed by atoms with Gasteiger partial charge < -0.3 is 5.11 Å². The largest absolute Gasteiger partial charge is 0.478 e. The van der Waals surface area contributed by atoms with Crippen molar-refractivity contribution in [2.45, 2.75) is 17.0 Å². The number of hydrogen-bond acceptors (Lipinski definition) is 4. The summed E-state index contributed by atoms with van der Waals surface area (Å²) in [5.74, 6) is -1.17. The number of carboxylic acid groups (broad SMARTS) is 1. The van der Waals surface area contributed by atoms with Gasteiger partial charge in [-0.3, -0.25) is 0 Å². The van der Waals surface area contributed by atoms with Crippen molar-refractivity contribution < 1.29 is 14.3 Å². The van der Waals surface area contributed by atoms with Crippen LogP contribution in [-0.4, -0.2) is 16.1 Å². The highest BCUT2D eigenvalue weighted by atomic mass is 32.2. The molecule has 0 bridgehead atoms. The molecular weight excluding hydrogens is 273 g/mol. The lowest BCUT2D eigenvalue weighted by molar-refractivity contribution is 0.0696. The number of rotatable bonds is 4. The number of halogens is 1. The summed E-state index contributed by atoms with van der Waals surface area (Å²) in [6.07, 6.45) is 0. The highest BCUT2D eigenvalue weighted by molar-refractivity contribution is 8.00. The third-order valence-corrected chi connectivity index (χ3v) is 4.44. The molecule has 18 heavy (non-hydrogen) atoms. The SMILES string of the molecule is Cc1csc(SCc2ccc(C(=O)O)cc2F)n1. The Morgan fingerprint density at radius 2 is 2.33 bits per heavy atom. The summed E-state index contributed by atoms with van der Waals surface area (Å²) in [7, 11) is 0. The van der Waals surface area contributed by atoms with Crippen LogP contribution in [0.2, 0.25) is 0 Å². The minimum Gasteiger partial charge on any atom is -0.478 e. The zero-order valence-corrected chi connectivity index (χ0v) is 11.1. The highest BCUT2D eigenvalue weighted by Gasteiger charge is 2.09. The van der Waals surface area contributed by atoms with E-state index in [2.05, 4.69) is 4.98 Å². The van der Waals surface area contributed by atoms with Crippen LogP contribution in [0.25, 0.3) is 0 Å². The van der Waals surface area contributed by atoms with E-state index in [9.17, 15) is 9.18 Å². The Hall–Kier alpha value is -1.40. The Morgan fingerprint density at radius 1 is 1.56 bits per heavy atom. The monoisotopic (exact) mass is 283 g/mol. The molecule has 0 saturated carbocycles. The first-order valence-corrected chi connectivity index (χ1v) is 6.99. The number of carboxylic acids is 1. The molecular formula is C12H10FNO2S2. The van der Waals surface area contributed by atoms with Crippen LogP contribution in [0.1, 0.15) is 21.6 Å². The second-order valence-corrected chi connectivity index (χ2v) is 5.74. The van der Waals surface area contributed by atoms with E-state index in [0.29, 0.717) is 11.3 Å². The maximum absolute atomic E-state index is 13.6. The third kappa shape index (κ3) is 3.08. The van der Waals surface area contributed by atoms with E-state index >= 15 is 0 Å². The fourth-order valence-corrected chi connectivity index (χ4v) is 3.17. The molecule has 3 nitrogen and oxygen atoms in total. The maximum Gasteiger partial charge on any atom is 0.335 e. The van der Waals surface area contributed by atoms with Crippen molar-refractivity contribution in [1.29, 1.82) is 0 Å². The van der Waals surface area contributed by atoms with Gasteiger partial charge in [-0.15, -0.1) is 11.3 Å². The van der Waals surface area contributed by atoms with Crippen LogP contribution in [0.3, 0.4) is 0 Å².